The summed E-state index contributed by atoms with van der Waals surface area (Å²) in [6.07, 6.45) is 6.48. The summed E-state index contributed by atoms with van der Waals surface area (Å²) in [6, 6.07) is 0. The summed E-state index contributed by atoms with van der Waals surface area (Å²) in [5, 5.41) is 9.45. The molecular weight excluding hydrogens is 340 g/mol. The third-order valence-corrected chi connectivity index (χ3v) is 6.21. The zero-order valence-electron chi connectivity index (χ0n) is 15.4. The van der Waals surface area contributed by atoms with Gasteiger partial charge in [-0.2, -0.15) is 0 Å². The van der Waals surface area contributed by atoms with Gasteiger partial charge in [0.1, 0.15) is 18.3 Å². The molecule has 1 spiro atoms. The molecule has 4 fully saturated rings. The summed E-state index contributed by atoms with van der Waals surface area (Å²) in [5.41, 5.74) is 0. The number of carbonyl (C=O) groups is 1. The number of methoxy groups -OCH3 is 1. The predicted molar refractivity (Wildman–Crippen MR) is 90.5 cm³/mol. The van der Waals surface area contributed by atoms with Gasteiger partial charge in [0.05, 0.1) is 31.8 Å². The molecule has 0 aromatic rings. The summed E-state index contributed by atoms with van der Waals surface area (Å²) in [5.74, 6) is -0.787. The number of carbonyl (C=O) groups excluding carboxylic acids is 1. The van der Waals surface area contributed by atoms with Crippen LogP contribution in [0.2, 0.25) is 0 Å². The van der Waals surface area contributed by atoms with Gasteiger partial charge in [-0.15, -0.1) is 0 Å². The molecule has 3 heterocycles. The van der Waals surface area contributed by atoms with Crippen molar-refractivity contribution in [3.8, 4) is 0 Å². The van der Waals surface area contributed by atoms with Gasteiger partial charge >= 0.3 is 5.97 Å². The van der Waals surface area contributed by atoms with E-state index in [9.17, 15) is 9.90 Å². The van der Waals surface area contributed by atoms with E-state index in [0.717, 1.165) is 38.5 Å². The maximum Gasteiger partial charge on any atom is 0.308 e. The third-order valence-electron chi connectivity index (χ3n) is 6.21. The number of hydrogen-bond acceptors (Lipinski definition) is 7. The Morgan fingerprint density at radius 2 is 1.85 bits per heavy atom. The summed E-state index contributed by atoms with van der Waals surface area (Å²) in [7, 11) is 1.40. The van der Waals surface area contributed by atoms with Crippen LogP contribution < -0.4 is 0 Å². The van der Waals surface area contributed by atoms with E-state index in [-0.39, 0.29) is 55.6 Å². The van der Waals surface area contributed by atoms with E-state index < -0.39 is 5.79 Å². The Morgan fingerprint density at radius 1 is 1.08 bits per heavy atom. The van der Waals surface area contributed by atoms with Crippen LogP contribution in [0.4, 0.5) is 0 Å². The highest BCUT2D eigenvalue weighted by atomic mass is 16.8. The van der Waals surface area contributed by atoms with Crippen LogP contribution in [0.3, 0.4) is 0 Å². The van der Waals surface area contributed by atoms with Crippen molar-refractivity contribution in [2.45, 2.75) is 100 Å². The Hall–Kier alpha value is -0.730. The molecular formula is C19H30O7. The molecule has 1 aliphatic carbocycles. The molecule has 0 bridgehead atoms. The quantitative estimate of drug-likeness (QED) is 0.754. The van der Waals surface area contributed by atoms with E-state index >= 15 is 0 Å². The van der Waals surface area contributed by atoms with Gasteiger partial charge in [0.15, 0.2) is 5.79 Å². The molecule has 4 rings (SSSR count). The Bertz CT molecular complexity index is 504. The van der Waals surface area contributed by atoms with E-state index in [2.05, 4.69) is 0 Å². The molecule has 3 unspecified atom stereocenters. The van der Waals surface area contributed by atoms with Crippen molar-refractivity contribution in [3.05, 3.63) is 0 Å². The highest BCUT2D eigenvalue weighted by Crippen LogP contribution is 2.47. The number of esters is 1. The lowest BCUT2D eigenvalue weighted by Crippen LogP contribution is -2.60. The second-order valence-electron chi connectivity index (χ2n) is 7.94. The second-order valence-corrected chi connectivity index (χ2v) is 7.94. The molecule has 6 atom stereocenters. The minimum absolute atomic E-state index is 0.0630. The first kappa shape index (κ1) is 18.6. The van der Waals surface area contributed by atoms with Crippen LogP contribution in [0.15, 0.2) is 0 Å². The van der Waals surface area contributed by atoms with Crippen molar-refractivity contribution >= 4 is 5.97 Å². The van der Waals surface area contributed by atoms with Crippen molar-refractivity contribution in [1.82, 2.24) is 0 Å². The van der Waals surface area contributed by atoms with Crippen LogP contribution in [0.1, 0.15) is 57.8 Å². The monoisotopic (exact) mass is 370 g/mol. The van der Waals surface area contributed by atoms with E-state index in [1.807, 2.05) is 0 Å². The Labute approximate surface area is 154 Å². The Kier molecular flexibility index (Phi) is 5.53. The predicted octanol–water partition coefficient (Wildman–Crippen LogP) is 1.69. The van der Waals surface area contributed by atoms with Crippen LogP contribution in [-0.4, -0.2) is 67.2 Å². The van der Waals surface area contributed by atoms with E-state index in [1.54, 1.807) is 0 Å². The lowest BCUT2D eigenvalue weighted by molar-refractivity contribution is -0.242. The van der Waals surface area contributed by atoms with Gasteiger partial charge in [0.25, 0.3) is 0 Å². The first-order chi connectivity index (χ1) is 12.6. The van der Waals surface area contributed by atoms with Crippen molar-refractivity contribution in [1.29, 1.82) is 0 Å². The molecule has 148 valence electrons. The van der Waals surface area contributed by atoms with Gasteiger partial charge in [-0.1, -0.05) is 6.42 Å². The van der Waals surface area contributed by atoms with Crippen molar-refractivity contribution in [2.75, 3.05) is 13.7 Å². The Morgan fingerprint density at radius 3 is 2.58 bits per heavy atom. The highest BCUT2D eigenvalue weighted by molar-refractivity contribution is 5.69. The summed E-state index contributed by atoms with van der Waals surface area (Å²) in [6.45, 7) is 0.0630. The average molecular weight is 370 g/mol. The zero-order chi connectivity index (χ0) is 18.1. The first-order valence-electron chi connectivity index (χ1n) is 9.98. The SMILES string of the molecule is COC(=O)CC1CCC2O[C@@H](CCO)[C@H]3OC4(CCCCC4)OC3[C@H]2O1. The molecule has 0 aromatic carbocycles. The largest absolute Gasteiger partial charge is 0.469 e. The molecule has 7 nitrogen and oxygen atoms in total. The molecule has 1 saturated carbocycles. The van der Waals surface area contributed by atoms with Crippen LogP contribution >= 0.6 is 0 Å². The lowest BCUT2D eigenvalue weighted by Gasteiger charge is -2.46. The second kappa shape index (κ2) is 7.72. The molecule has 7 heteroatoms. The topological polar surface area (TPSA) is 83.5 Å². The summed E-state index contributed by atoms with van der Waals surface area (Å²) >= 11 is 0. The van der Waals surface area contributed by atoms with Gasteiger partial charge in [-0.25, -0.2) is 0 Å². The lowest BCUT2D eigenvalue weighted by atomic mass is 9.88. The molecule has 0 amide bonds. The van der Waals surface area contributed by atoms with Gasteiger partial charge in [-0.05, 0) is 32.1 Å². The molecule has 3 saturated heterocycles. The third kappa shape index (κ3) is 3.52. The van der Waals surface area contributed by atoms with Gasteiger partial charge in [0, 0.05) is 19.4 Å². The minimum atomic E-state index is -0.530. The van der Waals surface area contributed by atoms with Crippen LogP contribution in [-0.2, 0) is 28.5 Å². The normalized spacial score (nSPS) is 41.5. The molecule has 3 aliphatic heterocycles. The summed E-state index contributed by atoms with van der Waals surface area (Å²) < 4.78 is 30.2. The van der Waals surface area contributed by atoms with Crippen LogP contribution in [0.5, 0.6) is 0 Å². The standard InChI is InChI=1S/C19H30O7/c1-22-15(21)11-12-5-6-13-16(23-12)18-17(14(24-13)7-10-20)25-19(26-18)8-3-2-4-9-19/h12-14,16-18,20H,2-11H2,1H3/t12?,13?,14-,16-,17+,18?/m0/s1. The van der Waals surface area contributed by atoms with Crippen molar-refractivity contribution < 1.29 is 33.6 Å². The number of rotatable bonds is 4. The number of fused-ring (bicyclic) bond motifs is 3. The number of aliphatic hydroxyl groups excluding tert-OH is 1. The zero-order valence-corrected chi connectivity index (χ0v) is 15.4. The molecule has 1 N–H and O–H groups in total. The first-order valence-corrected chi connectivity index (χ1v) is 9.98. The van der Waals surface area contributed by atoms with Crippen LogP contribution in [0, 0.1) is 0 Å². The van der Waals surface area contributed by atoms with Crippen LogP contribution in [0.25, 0.3) is 0 Å². The van der Waals surface area contributed by atoms with E-state index in [4.69, 9.17) is 23.7 Å². The molecule has 0 radical (unpaired) electrons. The van der Waals surface area contributed by atoms with Crippen molar-refractivity contribution in [2.24, 2.45) is 0 Å². The molecule has 26 heavy (non-hydrogen) atoms. The van der Waals surface area contributed by atoms with Gasteiger partial charge < -0.3 is 28.8 Å². The molecule has 4 aliphatic rings. The number of hydrogen-bond donors (Lipinski definition) is 1. The summed E-state index contributed by atoms with van der Waals surface area (Å²) in [4.78, 5) is 11.6. The fourth-order valence-corrected chi connectivity index (χ4v) is 4.93. The van der Waals surface area contributed by atoms with E-state index in [1.165, 1.54) is 13.5 Å². The maximum atomic E-state index is 11.6. The Balaban J connectivity index is 1.51. The fourth-order valence-electron chi connectivity index (χ4n) is 4.93. The smallest absolute Gasteiger partial charge is 0.308 e. The van der Waals surface area contributed by atoms with Gasteiger partial charge in [0.2, 0.25) is 0 Å². The van der Waals surface area contributed by atoms with Gasteiger partial charge in [-0.3, -0.25) is 4.79 Å². The van der Waals surface area contributed by atoms with Crippen molar-refractivity contribution in [3.63, 3.8) is 0 Å². The number of ether oxygens (including phenoxy) is 5. The number of aliphatic hydroxyl groups is 1. The maximum absolute atomic E-state index is 11.6. The average Bonchev–Trinajstić information content (AvgIpc) is 3.02. The minimum Gasteiger partial charge on any atom is -0.469 e. The fraction of sp³-hybridized carbons (Fsp3) is 0.947. The highest BCUT2D eigenvalue weighted by Gasteiger charge is 2.59. The molecule has 0 aromatic heterocycles. The van der Waals surface area contributed by atoms with E-state index in [0.29, 0.717) is 6.42 Å².